The van der Waals surface area contributed by atoms with Crippen LogP contribution in [0.3, 0.4) is 0 Å². The van der Waals surface area contributed by atoms with Gasteiger partial charge in [-0.05, 0) is 30.5 Å². The Morgan fingerprint density at radius 3 is 2.30 bits per heavy atom. The summed E-state index contributed by atoms with van der Waals surface area (Å²) < 4.78 is 24.8. The first kappa shape index (κ1) is 17.2. The molecule has 0 atom stereocenters. The van der Waals surface area contributed by atoms with Crippen molar-refractivity contribution in [1.82, 2.24) is 9.78 Å². The second-order valence-corrected chi connectivity index (χ2v) is 7.73. The van der Waals surface area contributed by atoms with Crippen LogP contribution in [-0.4, -0.2) is 24.5 Å². The zero-order valence-electron chi connectivity index (χ0n) is 13.7. The van der Waals surface area contributed by atoms with Crippen molar-refractivity contribution < 1.29 is 8.42 Å². The van der Waals surface area contributed by atoms with Crippen LogP contribution in [-0.2, 0) is 35.0 Å². The number of hydrogen-bond donors (Lipinski definition) is 0. The van der Waals surface area contributed by atoms with Gasteiger partial charge in [0.1, 0.15) is 5.88 Å². The molecule has 0 aliphatic carbocycles. The van der Waals surface area contributed by atoms with E-state index in [1.54, 1.807) is 16.8 Å². The molecular weight excluding hydrogens is 310 g/mol. The van der Waals surface area contributed by atoms with Crippen molar-refractivity contribution in [2.45, 2.75) is 39.0 Å². The predicted molar refractivity (Wildman–Crippen MR) is 89.8 cm³/mol. The Morgan fingerprint density at radius 2 is 1.83 bits per heavy atom. The largest absolute Gasteiger partial charge is 0.254 e. The highest BCUT2D eigenvalue weighted by atomic mass is 32.2. The average molecular weight is 331 g/mol. The van der Waals surface area contributed by atoms with E-state index < -0.39 is 9.84 Å². The zero-order chi connectivity index (χ0) is 17.0. The summed E-state index contributed by atoms with van der Waals surface area (Å²) in [5.74, 6) is -0.0868. The van der Waals surface area contributed by atoms with E-state index in [2.05, 4.69) is 11.2 Å². The Morgan fingerprint density at radius 1 is 1.17 bits per heavy atom. The van der Waals surface area contributed by atoms with Gasteiger partial charge in [0.25, 0.3) is 0 Å². The first-order valence-corrected chi connectivity index (χ1v) is 9.68. The lowest BCUT2D eigenvalue weighted by molar-refractivity contribution is 0.575. The molecule has 0 saturated heterocycles. The Hall–Kier alpha value is -2.13. The predicted octanol–water partition coefficient (Wildman–Crippen LogP) is 2.47. The second kappa shape index (κ2) is 6.97. The second-order valence-electron chi connectivity index (χ2n) is 5.62. The van der Waals surface area contributed by atoms with Crippen molar-refractivity contribution in [3.8, 4) is 6.07 Å². The summed E-state index contributed by atoms with van der Waals surface area (Å²) in [5.41, 5.74) is 4.73. The molecule has 0 saturated carbocycles. The minimum Gasteiger partial charge on any atom is -0.254 e. The molecule has 0 aliphatic heterocycles. The van der Waals surface area contributed by atoms with E-state index in [0.29, 0.717) is 12.0 Å². The Balaban J connectivity index is 2.41. The summed E-state index contributed by atoms with van der Waals surface area (Å²) in [6.45, 7) is 4.03. The maximum atomic E-state index is 11.6. The van der Waals surface area contributed by atoms with E-state index in [4.69, 9.17) is 5.26 Å². The molecule has 0 radical (unpaired) electrons. The maximum Gasteiger partial charge on any atom is 0.167 e. The van der Waals surface area contributed by atoms with Gasteiger partial charge in [0, 0.05) is 23.9 Å². The molecule has 23 heavy (non-hydrogen) atoms. The lowest BCUT2D eigenvalue weighted by Crippen LogP contribution is -2.13. The number of sulfone groups is 1. The molecule has 0 N–H and O–H groups in total. The number of nitrogens with zero attached hydrogens (tertiary/aromatic N) is 3. The van der Waals surface area contributed by atoms with Crippen LogP contribution in [0.25, 0.3) is 0 Å². The fourth-order valence-electron chi connectivity index (χ4n) is 2.70. The minimum atomic E-state index is -3.14. The molecular formula is C17H21N3O2S. The quantitative estimate of drug-likeness (QED) is 0.815. The third-order valence-corrected chi connectivity index (χ3v) is 4.45. The monoisotopic (exact) mass is 331 g/mol. The van der Waals surface area contributed by atoms with Crippen LogP contribution in [0.4, 0.5) is 0 Å². The fourth-order valence-corrected chi connectivity index (χ4v) is 3.36. The van der Waals surface area contributed by atoms with Crippen molar-refractivity contribution >= 4 is 9.84 Å². The van der Waals surface area contributed by atoms with Crippen LogP contribution >= 0.6 is 0 Å². The third kappa shape index (κ3) is 4.20. The van der Waals surface area contributed by atoms with Gasteiger partial charge in [-0.2, -0.15) is 10.4 Å². The Labute approximate surface area is 137 Å². The highest BCUT2D eigenvalue weighted by Crippen LogP contribution is 2.21. The van der Waals surface area contributed by atoms with Gasteiger partial charge in [0.05, 0.1) is 17.3 Å². The lowest BCUT2D eigenvalue weighted by atomic mass is 10.00. The summed E-state index contributed by atoms with van der Waals surface area (Å²) in [5, 5.41) is 13.4. The molecule has 5 nitrogen and oxygen atoms in total. The van der Waals surface area contributed by atoms with E-state index in [1.165, 1.54) is 6.26 Å². The number of aryl methyl sites for hydroxylation is 1. The normalized spacial score (nSPS) is 11.4. The highest BCUT2D eigenvalue weighted by Gasteiger charge is 2.18. The van der Waals surface area contributed by atoms with Crippen LogP contribution in [0, 0.1) is 11.3 Å². The number of hydrogen-bond acceptors (Lipinski definition) is 4. The molecule has 0 unspecified atom stereocenters. The Bertz CT molecular complexity index is 828. The van der Waals surface area contributed by atoms with Crippen molar-refractivity contribution in [3.63, 3.8) is 0 Å². The lowest BCUT2D eigenvalue weighted by Gasteiger charge is -2.07. The third-order valence-electron chi connectivity index (χ3n) is 3.74. The molecule has 2 aromatic rings. The van der Waals surface area contributed by atoms with Gasteiger partial charge in [-0.3, -0.25) is 4.68 Å². The molecule has 6 heteroatoms. The summed E-state index contributed by atoms with van der Waals surface area (Å²) in [6, 6.07) is 9.58. The molecule has 0 aliphatic rings. The van der Waals surface area contributed by atoms with Crippen molar-refractivity contribution in [2.75, 3.05) is 6.26 Å². The molecule has 0 bridgehead atoms. The van der Waals surface area contributed by atoms with Gasteiger partial charge in [-0.25, -0.2) is 8.42 Å². The first-order chi connectivity index (χ1) is 10.9. The number of nitriles is 1. The van der Waals surface area contributed by atoms with Gasteiger partial charge < -0.3 is 0 Å². The van der Waals surface area contributed by atoms with E-state index in [0.717, 1.165) is 35.4 Å². The van der Waals surface area contributed by atoms with Gasteiger partial charge in [-0.1, -0.05) is 26.0 Å². The smallest absolute Gasteiger partial charge is 0.167 e. The van der Waals surface area contributed by atoms with Gasteiger partial charge in [0.15, 0.2) is 9.84 Å². The molecule has 0 fully saturated rings. The SMILES string of the molecule is CCc1nn(CS(C)(=O)=O)c(CC)c1Cc1ccc(C#N)cc1. The summed E-state index contributed by atoms with van der Waals surface area (Å²) in [4.78, 5) is 0. The average Bonchev–Trinajstić information content (AvgIpc) is 2.82. The molecule has 0 amide bonds. The molecule has 0 spiro atoms. The summed E-state index contributed by atoms with van der Waals surface area (Å²) in [7, 11) is -3.14. The Kier molecular flexibility index (Phi) is 5.22. The van der Waals surface area contributed by atoms with Gasteiger partial charge in [-0.15, -0.1) is 0 Å². The van der Waals surface area contributed by atoms with Crippen LogP contribution in [0.1, 0.15) is 41.9 Å². The van der Waals surface area contributed by atoms with E-state index >= 15 is 0 Å². The fraction of sp³-hybridized carbons (Fsp3) is 0.412. The van der Waals surface area contributed by atoms with Gasteiger partial charge >= 0.3 is 0 Å². The number of aromatic nitrogens is 2. The van der Waals surface area contributed by atoms with Crippen molar-refractivity contribution in [1.29, 1.82) is 5.26 Å². The first-order valence-electron chi connectivity index (χ1n) is 7.62. The maximum absolute atomic E-state index is 11.6. The summed E-state index contributed by atoms with van der Waals surface area (Å²) in [6.07, 6.45) is 3.41. The van der Waals surface area contributed by atoms with E-state index in [9.17, 15) is 8.42 Å². The van der Waals surface area contributed by atoms with Crippen molar-refractivity contribution in [2.24, 2.45) is 0 Å². The molecule has 1 aromatic carbocycles. The topological polar surface area (TPSA) is 75.8 Å². The van der Waals surface area contributed by atoms with Crippen LogP contribution in [0.2, 0.25) is 0 Å². The standard InChI is InChI=1S/C17H21N3O2S/c1-4-16-15(10-13-6-8-14(11-18)9-7-13)17(5-2)20(19-16)12-23(3,21)22/h6-9H,4-5,10,12H2,1-3H3. The van der Waals surface area contributed by atoms with E-state index in [-0.39, 0.29) is 5.88 Å². The van der Waals surface area contributed by atoms with Crippen LogP contribution in [0.15, 0.2) is 24.3 Å². The number of benzene rings is 1. The van der Waals surface area contributed by atoms with Crippen LogP contribution in [0.5, 0.6) is 0 Å². The van der Waals surface area contributed by atoms with Crippen LogP contribution < -0.4 is 0 Å². The highest BCUT2D eigenvalue weighted by molar-refractivity contribution is 7.89. The molecule has 2 rings (SSSR count). The molecule has 122 valence electrons. The van der Waals surface area contributed by atoms with Crippen molar-refractivity contribution in [3.05, 3.63) is 52.3 Å². The van der Waals surface area contributed by atoms with Gasteiger partial charge in [0.2, 0.25) is 0 Å². The summed E-state index contributed by atoms with van der Waals surface area (Å²) >= 11 is 0. The number of rotatable bonds is 6. The van der Waals surface area contributed by atoms with E-state index in [1.807, 2.05) is 26.0 Å². The minimum absolute atomic E-state index is 0.0868. The molecule has 1 aromatic heterocycles. The zero-order valence-corrected chi connectivity index (χ0v) is 14.5. The molecule has 1 heterocycles.